The highest BCUT2D eigenvalue weighted by Crippen LogP contribution is 2.13. The zero-order valence-electron chi connectivity index (χ0n) is 14.1. The zero-order chi connectivity index (χ0) is 16.4. The summed E-state index contributed by atoms with van der Waals surface area (Å²) in [6.45, 7) is 8.43. The lowest BCUT2D eigenvalue weighted by Gasteiger charge is -2.19. The molecule has 0 spiro atoms. The summed E-state index contributed by atoms with van der Waals surface area (Å²) in [4.78, 5) is 11.6. The zero-order valence-corrected chi connectivity index (χ0v) is 14.1. The van der Waals surface area contributed by atoms with Crippen LogP contribution in [-0.2, 0) is 22.6 Å². The van der Waals surface area contributed by atoms with Crippen LogP contribution in [0.2, 0.25) is 0 Å². The Hall–Kier alpha value is -1.59. The average molecular weight is 308 g/mol. The average Bonchev–Trinajstić information content (AvgIpc) is 2.47. The molecule has 0 aromatic heterocycles. The standard InChI is InChI=1S/C17H28N2O3/c1-17(2,3)22-13-15-8-5-7-14(11-15)12-19-16(20)18-9-6-10-21-4/h5,7-8,11H,6,9-10,12-13H2,1-4H3,(H2,18,19,20). The van der Waals surface area contributed by atoms with Crippen molar-refractivity contribution in [3.63, 3.8) is 0 Å². The van der Waals surface area contributed by atoms with Gasteiger partial charge < -0.3 is 20.1 Å². The van der Waals surface area contributed by atoms with Gasteiger partial charge >= 0.3 is 6.03 Å². The Morgan fingerprint density at radius 2 is 1.91 bits per heavy atom. The fourth-order valence-corrected chi connectivity index (χ4v) is 1.79. The molecule has 1 rings (SSSR count). The number of carbonyl (C=O) groups is 1. The summed E-state index contributed by atoms with van der Waals surface area (Å²) >= 11 is 0. The van der Waals surface area contributed by atoms with E-state index in [1.165, 1.54) is 0 Å². The van der Waals surface area contributed by atoms with Gasteiger partial charge in [-0.2, -0.15) is 0 Å². The highest BCUT2D eigenvalue weighted by atomic mass is 16.5. The third-order valence-corrected chi connectivity index (χ3v) is 2.93. The van der Waals surface area contributed by atoms with Crippen molar-refractivity contribution in [3.8, 4) is 0 Å². The molecular formula is C17H28N2O3. The first-order chi connectivity index (χ1) is 10.4. The van der Waals surface area contributed by atoms with Crippen LogP contribution in [-0.4, -0.2) is 31.9 Å². The quantitative estimate of drug-likeness (QED) is 0.726. The molecule has 0 aliphatic rings. The summed E-state index contributed by atoms with van der Waals surface area (Å²) in [5.74, 6) is 0. The third-order valence-electron chi connectivity index (χ3n) is 2.93. The number of methoxy groups -OCH3 is 1. The number of rotatable bonds is 8. The second-order valence-corrected chi connectivity index (χ2v) is 6.18. The molecule has 0 atom stereocenters. The van der Waals surface area contributed by atoms with Crippen LogP contribution in [0.15, 0.2) is 24.3 Å². The summed E-state index contributed by atoms with van der Waals surface area (Å²) in [5, 5.41) is 5.64. The highest BCUT2D eigenvalue weighted by molar-refractivity contribution is 5.73. The van der Waals surface area contributed by atoms with Crippen molar-refractivity contribution in [1.82, 2.24) is 10.6 Å². The van der Waals surface area contributed by atoms with E-state index in [1.54, 1.807) is 7.11 Å². The maximum atomic E-state index is 11.6. The van der Waals surface area contributed by atoms with Gasteiger partial charge in [0.05, 0.1) is 12.2 Å². The van der Waals surface area contributed by atoms with Crippen molar-refractivity contribution in [2.75, 3.05) is 20.3 Å². The molecule has 2 amide bonds. The number of urea groups is 1. The summed E-state index contributed by atoms with van der Waals surface area (Å²) in [6, 6.07) is 7.89. The Balaban J connectivity index is 2.35. The Labute approximate surface area is 133 Å². The molecule has 5 heteroatoms. The largest absolute Gasteiger partial charge is 0.385 e. The predicted molar refractivity (Wildman–Crippen MR) is 87.7 cm³/mol. The van der Waals surface area contributed by atoms with Crippen LogP contribution in [0, 0.1) is 0 Å². The van der Waals surface area contributed by atoms with Gasteiger partial charge in [0.2, 0.25) is 0 Å². The van der Waals surface area contributed by atoms with Crippen molar-refractivity contribution in [2.45, 2.75) is 45.9 Å². The number of hydrogen-bond acceptors (Lipinski definition) is 3. The first kappa shape index (κ1) is 18.5. The molecule has 0 saturated carbocycles. The van der Waals surface area contributed by atoms with Crippen molar-refractivity contribution in [3.05, 3.63) is 35.4 Å². The van der Waals surface area contributed by atoms with Gasteiger partial charge in [-0.1, -0.05) is 24.3 Å². The van der Waals surface area contributed by atoms with Crippen LogP contribution in [0.5, 0.6) is 0 Å². The van der Waals surface area contributed by atoms with Crippen molar-refractivity contribution in [1.29, 1.82) is 0 Å². The Morgan fingerprint density at radius 1 is 1.18 bits per heavy atom. The minimum absolute atomic E-state index is 0.156. The molecule has 0 radical (unpaired) electrons. The number of benzene rings is 1. The topological polar surface area (TPSA) is 59.6 Å². The number of amides is 2. The van der Waals surface area contributed by atoms with E-state index in [2.05, 4.69) is 16.7 Å². The van der Waals surface area contributed by atoms with Crippen LogP contribution in [0.3, 0.4) is 0 Å². The molecule has 0 bridgehead atoms. The van der Waals surface area contributed by atoms with E-state index in [-0.39, 0.29) is 11.6 Å². The number of hydrogen-bond donors (Lipinski definition) is 2. The SMILES string of the molecule is COCCCNC(=O)NCc1cccc(COC(C)(C)C)c1. The predicted octanol–water partition coefficient (Wildman–Crippen LogP) is 2.84. The molecule has 0 heterocycles. The molecule has 124 valence electrons. The van der Waals surface area contributed by atoms with Gasteiger partial charge in [0, 0.05) is 26.8 Å². The van der Waals surface area contributed by atoms with E-state index in [0.717, 1.165) is 17.5 Å². The third kappa shape index (κ3) is 8.64. The van der Waals surface area contributed by atoms with E-state index in [4.69, 9.17) is 9.47 Å². The summed E-state index contributed by atoms with van der Waals surface area (Å²) in [5.41, 5.74) is 2.01. The molecule has 1 aromatic carbocycles. The maximum Gasteiger partial charge on any atom is 0.315 e. The van der Waals surface area contributed by atoms with Crippen LogP contribution in [0.1, 0.15) is 38.3 Å². The molecule has 0 fully saturated rings. The normalized spacial score (nSPS) is 11.3. The Morgan fingerprint density at radius 3 is 2.59 bits per heavy atom. The van der Waals surface area contributed by atoms with Gasteiger partial charge in [0.25, 0.3) is 0 Å². The van der Waals surface area contributed by atoms with E-state index in [0.29, 0.717) is 26.3 Å². The van der Waals surface area contributed by atoms with Gasteiger partial charge in [-0.05, 0) is 38.3 Å². The second kappa shape index (κ2) is 9.43. The second-order valence-electron chi connectivity index (χ2n) is 6.18. The molecule has 0 aliphatic heterocycles. The van der Waals surface area contributed by atoms with Crippen molar-refractivity contribution < 1.29 is 14.3 Å². The lowest BCUT2D eigenvalue weighted by Crippen LogP contribution is -2.35. The molecule has 2 N–H and O–H groups in total. The van der Waals surface area contributed by atoms with Crippen LogP contribution in [0.25, 0.3) is 0 Å². The van der Waals surface area contributed by atoms with Crippen molar-refractivity contribution >= 4 is 6.03 Å². The lowest BCUT2D eigenvalue weighted by molar-refractivity contribution is -0.0149. The number of nitrogens with one attached hydrogen (secondary N) is 2. The Bertz CT molecular complexity index is 455. The molecule has 5 nitrogen and oxygen atoms in total. The van der Waals surface area contributed by atoms with E-state index in [9.17, 15) is 4.79 Å². The van der Waals surface area contributed by atoms with Crippen LogP contribution >= 0.6 is 0 Å². The van der Waals surface area contributed by atoms with E-state index in [1.807, 2.05) is 39.0 Å². The minimum atomic E-state index is -0.160. The fourth-order valence-electron chi connectivity index (χ4n) is 1.79. The number of carbonyl (C=O) groups excluding carboxylic acids is 1. The molecule has 1 aromatic rings. The fraction of sp³-hybridized carbons (Fsp3) is 0.588. The number of ether oxygens (including phenoxy) is 2. The van der Waals surface area contributed by atoms with Gasteiger partial charge in [-0.15, -0.1) is 0 Å². The minimum Gasteiger partial charge on any atom is -0.385 e. The summed E-state index contributed by atoms with van der Waals surface area (Å²) in [6.07, 6.45) is 0.809. The van der Waals surface area contributed by atoms with E-state index >= 15 is 0 Å². The van der Waals surface area contributed by atoms with E-state index < -0.39 is 0 Å². The maximum absolute atomic E-state index is 11.6. The van der Waals surface area contributed by atoms with Crippen LogP contribution in [0.4, 0.5) is 4.79 Å². The highest BCUT2D eigenvalue weighted by Gasteiger charge is 2.10. The Kier molecular flexibility index (Phi) is 7.91. The molecule has 0 saturated heterocycles. The first-order valence-electron chi connectivity index (χ1n) is 7.63. The molecular weight excluding hydrogens is 280 g/mol. The summed E-state index contributed by atoms with van der Waals surface area (Å²) in [7, 11) is 1.65. The van der Waals surface area contributed by atoms with Gasteiger partial charge in [0.1, 0.15) is 0 Å². The molecule has 0 aliphatic carbocycles. The molecule has 22 heavy (non-hydrogen) atoms. The van der Waals surface area contributed by atoms with Gasteiger partial charge in [-0.25, -0.2) is 4.79 Å². The van der Waals surface area contributed by atoms with Gasteiger partial charge in [0.15, 0.2) is 0 Å². The lowest BCUT2D eigenvalue weighted by atomic mass is 10.1. The van der Waals surface area contributed by atoms with Crippen molar-refractivity contribution in [2.24, 2.45) is 0 Å². The summed E-state index contributed by atoms with van der Waals surface area (Å²) < 4.78 is 10.7. The smallest absolute Gasteiger partial charge is 0.315 e. The van der Waals surface area contributed by atoms with Gasteiger partial charge in [-0.3, -0.25) is 0 Å². The van der Waals surface area contributed by atoms with Crippen LogP contribution < -0.4 is 10.6 Å². The monoisotopic (exact) mass is 308 g/mol. The first-order valence-corrected chi connectivity index (χ1v) is 7.63. The molecule has 0 unspecified atom stereocenters.